The molecule has 3 atom stereocenters. The van der Waals surface area contributed by atoms with E-state index in [4.69, 9.17) is 7.88 Å². The molecular weight excluding hydrogens is 191 g/mol. The summed E-state index contributed by atoms with van der Waals surface area (Å²) >= 11 is 3.94. The van der Waals surface area contributed by atoms with Crippen LogP contribution in [0.5, 0.6) is 0 Å². The van der Waals surface area contributed by atoms with E-state index in [-0.39, 0.29) is 11.5 Å². The van der Waals surface area contributed by atoms with E-state index < -0.39 is 0 Å². The molecule has 0 saturated heterocycles. The van der Waals surface area contributed by atoms with Crippen molar-refractivity contribution < 1.29 is 5.11 Å². The van der Waals surface area contributed by atoms with E-state index in [0.29, 0.717) is 5.92 Å². The Hall–Kier alpha value is -0.0151. The molecule has 1 N–H and O–H groups in total. The van der Waals surface area contributed by atoms with Gasteiger partial charge in [0.05, 0.1) is 6.10 Å². The van der Waals surface area contributed by atoms with Gasteiger partial charge in [-0.2, -0.15) is 0 Å². The Morgan fingerprint density at radius 3 is 3.21 bits per heavy atom. The van der Waals surface area contributed by atoms with Crippen LogP contribution in [0.1, 0.15) is 39.5 Å². The molecule has 0 spiro atoms. The summed E-state index contributed by atoms with van der Waals surface area (Å²) in [6.07, 6.45) is 7.23. The van der Waals surface area contributed by atoms with Gasteiger partial charge in [0.2, 0.25) is 1.43 Å². The summed E-state index contributed by atoms with van der Waals surface area (Å²) in [4.78, 5) is 0. The molecule has 1 saturated carbocycles. The summed E-state index contributed by atoms with van der Waals surface area (Å²) in [6.45, 7) is 5.33. The molecule has 0 aromatic rings. The number of aliphatic hydroxyl groups excluding tert-OH is 1. The maximum absolute atomic E-state index is 7.08. The van der Waals surface area contributed by atoms with Gasteiger partial charge < -0.3 is 5.11 Å². The Morgan fingerprint density at radius 2 is 2.57 bits per heavy atom. The van der Waals surface area contributed by atoms with E-state index in [9.17, 15) is 0 Å². The monoisotopic (exact) mass is 213 g/mol. The number of hydrogen-bond acceptors (Lipinski definition) is 2. The molecule has 78 valence electrons. The van der Waals surface area contributed by atoms with Crippen LogP contribution in [0.4, 0.5) is 0 Å². The zero-order valence-electron chi connectivity index (χ0n) is 11.0. The summed E-state index contributed by atoms with van der Waals surface area (Å²) in [6, 6.07) is 0. The van der Waals surface area contributed by atoms with Gasteiger partial charge in [-0.05, 0) is 38.5 Å². The molecule has 2 rings (SSSR count). The summed E-state index contributed by atoms with van der Waals surface area (Å²) in [7, 11) is 0. The third-order valence-electron chi connectivity index (χ3n) is 3.87. The first-order valence-corrected chi connectivity index (χ1v) is 5.67. The number of hydrogen-bond donors (Lipinski definition) is 1. The fourth-order valence-corrected chi connectivity index (χ4v) is 2.74. The van der Waals surface area contributed by atoms with Crippen molar-refractivity contribution >= 4 is 18.7 Å². The number of rotatable bonds is 1. The second-order valence-corrected chi connectivity index (χ2v) is 4.69. The molecule has 0 radical (unpaired) electrons. The minimum absolute atomic E-state index is 0.168. The molecule has 1 unspecified atom stereocenters. The van der Waals surface area contributed by atoms with Gasteiger partial charge in [0, 0.05) is 5.41 Å². The van der Waals surface area contributed by atoms with Crippen molar-refractivity contribution in [2.24, 2.45) is 11.3 Å². The molecule has 14 heavy (non-hydrogen) atoms. The molecule has 0 aromatic carbocycles. The van der Waals surface area contributed by atoms with Crippen LogP contribution in [0, 0.1) is 11.3 Å². The first-order valence-electron chi connectivity index (χ1n) is 6.18. The van der Waals surface area contributed by atoms with Crippen molar-refractivity contribution in [2.75, 3.05) is 0 Å². The van der Waals surface area contributed by atoms with Crippen molar-refractivity contribution in [3.63, 3.8) is 0 Å². The predicted octanol–water partition coefficient (Wildman–Crippen LogP) is 2.50. The largest absolute Gasteiger partial charge is 0.393 e. The molecule has 0 aromatic heterocycles. The first-order chi connectivity index (χ1) is 7.58. The molecular formula is C11H19BOS. The van der Waals surface area contributed by atoms with Gasteiger partial charge in [-0.15, -0.1) is 0 Å². The number of allylic oxidation sites excluding steroid dienone is 2. The van der Waals surface area contributed by atoms with E-state index in [0.717, 1.165) is 13.1 Å². The smallest absolute Gasteiger partial charge is 0.210 e. The molecule has 1 fully saturated rings. The second kappa shape index (κ2) is 4.67. The van der Waals surface area contributed by atoms with Gasteiger partial charge in [0.15, 0.2) is 0 Å². The van der Waals surface area contributed by atoms with Crippen LogP contribution in [0.2, 0.25) is 0 Å². The summed E-state index contributed by atoms with van der Waals surface area (Å²) in [5.74, 6) is 0.664. The van der Waals surface area contributed by atoms with Crippen LogP contribution < -0.4 is 0 Å². The molecule has 0 aliphatic heterocycles. The van der Waals surface area contributed by atoms with Crippen LogP contribution in [0.15, 0.2) is 11.6 Å². The topological polar surface area (TPSA) is 20.2 Å². The Kier molecular flexibility index (Phi) is 3.08. The summed E-state index contributed by atoms with van der Waals surface area (Å²) in [5, 5.41) is 4.84. The Bertz CT molecular complexity index is 285. The molecule has 3 heteroatoms. The normalized spacial score (nSPS) is 42.0. The van der Waals surface area contributed by atoms with Crippen LogP contribution >= 0.6 is 12.1 Å². The average Bonchev–Trinajstić information content (AvgIpc) is 2.56. The van der Waals surface area contributed by atoms with E-state index >= 15 is 0 Å². The SMILES string of the molecule is [2H]B=S.[3H]O[C@H]1CCC2C=C(C)CC[C@@]21C. The predicted molar refractivity (Wildman–Crippen MR) is 64.6 cm³/mol. The zero-order chi connectivity index (χ0) is 12.2. The van der Waals surface area contributed by atoms with Crippen LogP contribution in [0.25, 0.3) is 0 Å². The summed E-state index contributed by atoms with van der Waals surface area (Å²) in [5.41, 5.74) is 1.77. The standard InChI is InChI=1S/C11H18O.BHS/c1-8-5-6-11(2)9(7-8)3-4-10(11)12;1-2/h7,9-10,12H,3-6H2,1-2H3;1H/t9?,10-,11-;/m0./s1/i12T;1D. The van der Waals surface area contributed by atoms with Crippen molar-refractivity contribution in [3.05, 3.63) is 11.6 Å². The van der Waals surface area contributed by atoms with Crippen LogP contribution in [-0.2, 0) is 0 Å². The zero-order valence-corrected chi connectivity index (χ0v) is 9.77. The average molecular weight is 213 g/mol. The van der Waals surface area contributed by atoms with Gasteiger partial charge in [0.25, 0.3) is 0 Å². The minimum Gasteiger partial charge on any atom is -0.393 e. The third-order valence-corrected chi connectivity index (χ3v) is 3.87. The van der Waals surface area contributed by atoms with Gasteiger partial charge >= 0.3 is 20.1 Å². The van der Waals surface area contributed by atoms with Gasteiger partial charge in [-0.3, -0.25) is 0 Å². The molecule has 0 bridgehead atoms. The van der Waals surface area contributed by atoms with Gasteiger partial charge in [-0.1, -0.05) is 18.6 Å². The van der Waals surface area contributed by atoms with Gasteiger partial charge in [-0.25, -0.2) is 0 Å². The molecule has 0 heterocycles. The molecule has 2 aliphatic rings. The second-order valence-electron chi connectivity index (χ2n) is 4.69. The van der Waals surface area contributed by atoms with Crippen LogP contribution in [0.3, 0.4) is 0 Å². The fourth-order valence-electron chi connectivity index (χ4n) is 2.74. The van der Waals surface area contributed by atoms with E-state index in [1.807, 2.05) is 0 Å². The summed E-state index contributed by atoms with van der Waals surface area (Å²) < 4.78 is 13.0. The van der Waals surface area contributed by atoms with E-state index in [2.05, 4.69) is 32.0 Å². The Labute approximate surface area is 95.7 Å². The molecule has 2 aliphatic carbocycles. The van der Waals surface area contributed by atoms with Crippen molar-refractivity contribution in [2.45, 2.75) is 45.6 Å². The number of aliphatic hydroxyl groups is 1. The quantitative estimate of drug-likeness (QED) is 0.533. The van der Waals surface area contributed by atoms with E-state index in [1.165, 1.54) is 24.8 Å². The molecule has 1 nitrogen and oxygen atoms in total. The third kappa shape index (κ3) is 1.99. The van der Waals surface area contributed by atoms with Crippen molar-refractivity contribution in [3.8, 4) is 0 Å². The van der Waals surface area contributed by atoms with Crippen molar-refractivity contribution in [1.82, 2.24) is 0 Å². The number of fused-ring (bicyclic) bond motifs is 1. The maximum Gasteiger partial charge on any atom is 0.210 e. The van der Waals surface area contributed by atoms with Crippen LogP contribution in [-0.4, -0.2) is 20.7 Å². The maximum atomic E-state index is 7.08. The van der Waals surface area contributed by atoms with Gasteiger partial charge in [0.1, 0.15) is 0 Å². The first kappa shape index (κ1) is 9.23. The Morgan fingerprint density at radius 1 is 1.86 bits per heavy atom. The molecule has 0 amide bonds. The fraction of sp³-hybridized carbons (Fsp3) is 0.818. The van der Waals surface area contributed by atoms with E-state index in [1.54, 1.807) is 0 Å². The Balaban J connectivity index is 0.000000386. The van der Waals surface area contributed by atoms with Crippen molar-refractivity contribution in [1.29, 1.82) is 2.77 Å². The minimum atomic E-state index is 0.168.